The van der Waals surface area contributed by atoms with Crippen LogP contribution in [0.4, 0.5) is 15.8 Å². The van der Waals surface area contributed by atoms with Gasteiger partial charge in [-0.1, -0.05) is 0 Å². The summed E-state index contributed by atoms with van der Waals surface area (Å²) in [6.45, 7) is 2.98. The highest BCUT2D eigenvalue weighted by Crippen LogP contribution is 2.22. The van der Waals surface area contributed by atoms with Gasteiger partial charge in [0.15, 0.2) is 0 Å². The van der Waals surface area contributed by atoms with Crippen LogP contribution in [0.2, 0.25) is 0 Å². The fourth-order valence-corrected chi connectivity index (χ4v) is 1.17. The fraction of sp³-hybridized carbons (Fsp3) is 0.300. The zero-order chi connectivity index (χ0) is 13.2. The van der Waals surface area contributed by atoms with Crippen LogP contribution in [0.3, 0.4) is 0 Å². The molecular formula is C10H12FN3O3. The third-order valence-electron chi connectivity index (χ3n) is 2.17. The number of hydrogen-bond acceptors (Lipinski definition) is 4. The number of nitrogens with two attached hydrogens (primary N) is 1. The van der Waals surface area contributed by atoms with E-state index in [1.807, 2.05) is 0 Å². The second-order valence-corrected chi connectivity index (χ2v) is 4.07. The molecule has 0 bridgehead atoms. The predicted molar refractivity (Wildman–Crippen MR) is 60.0 cm³/mol. The number of carbonyl (C=O) groups excluding carboxylic acids is 1. The van der Waals surface area contributed by atoms with Gasteiger partial charge in [-0.3, -0.25) is 14.9 Å². The Kier molecular flexibility index (Phi) is 3.31. The highest BCUT2D eigenvalue weighted by molar-refractivity contribution is 5.87. The summed E-state index contributed by atoms with van der Waals surface area (Å²) in [4.78, 5) is 20.9. The first kappa shape index (κ1) is 12.9. The molecule has 6 nitrogen and oxygen atoms in total. The lowest BCUT2D eigenvalue weighted by molar-refractivity contribution is -0.385. The molecular weight excluding hydrogens is 229 g/mol. The standard InChI is InChI=1S/C10H12FN3O3/c1-10(2,9(12)15)13-7-3-6(11)4-8(5-7)14(16)17/h3-5,13H,1-2H3,(H2,12,15). The predicted octanol–water partition coefficient (Wildman–Crippen LogP) is 1.41. The Hall–Kier alpha value is -2.18. The van der Waals surface area contributed by atoms with E-state index >= 15 is 0 Å². The summed E-state index contributed by atoms with van der Waals surface area (Å²) in [7, 11) is 0. The molecule has 1 aromatic rings. The molecule has 0 aliphatic carbocycles. The van der Waals surface area contributed by atoms with Crippen molar-refractivity contribution in [3.05, 3.63) is 34.1 Å². The molecule has 92 valence electrons. The Morgan fingerprint density at radius 3 is 2.53 bits per heavy atom. The molecule has 0 atom stereocenters. The lowest BCUT2D eigenvalue weighted by Crippen LogP contribution is -2.45. The van der Waals surface area contributed by atoms with Crippen molar-refractivity contribution in [3.63, 3.8) is 0 Å². The van der Waals surface area contributed by atoms with E-state index < -0.39 is 27.9 Å². The van der Waals surface area contributed by atoms with E-state index in [0.717, 1.165) is 18.2 Å². The maximum absolute atomic E-state index is 13.1. The number of nitrogens with one attached hydrogen (secondary N) is 1. The maximum Gasteiger partial charge on any atom is 0.274 e. The molecule has 1 aromatic carbocycles. The van der Waals surface area contributed by atoms with Crippen LogP contribution < -0.4 is 11.1 Å². The molecule has 0 aliphatic heterocycles. The first-order chi connectivity index (χ1) is 7.72. The van der Waals surface area contributed by atoms with Gasteiger partial charge in [0.05, 0.1) is 11.0 Å². The first-order valence-electron chi connectivity index (χ1n) is 4.75. The quantitative estimate of drug-likeness (QED) is 0.615. The van der Waals surface area contributed by atoms with Gasteiger partial charge in [0, 0.05) is 11.8 Å². The Morgan fingerprint density at radius 2 is 2.06 bits per heavy atom. The van der Waals surface area contributed by atoms with Gasteiger partial charge >= 0.3 is 0 Å². The second kappa shape index (κ2) is 4.36. The molecule has 0 saturated heterocycles. The van der Waals surface area contributed by atoms with E-state index in [9.17, 15) is 19.3 Å². The Bertz CT molecular complexity index is 474. The van der Waals surface area contributed by atoms with Crippen molar-refractivity contribution in [1.82, 2.24) is 0 Å². The molecule has 0 fully saturated rings. The van der Waals surface area contributed by atoms with Crippen molar-refractivity contribution in [2.75, 3.05) is 5.32 Å². The zero-order valence-electron chi connectivity index (χ0n) is 9.36. The van der Waals surface area contributed by atoms with E-state index in [4.69, 9.17) is 5.73 Å². The van der Waals surface area contributed by atoms with Gasteiger partial charge in [0.1, 0.15) is 11.4 Å². The number of benzene rings is 1. The summed E-state index contributed by atoms with van der Waals surface area (Å²) in [5.41, 5.74) is 3.73. The lowest BCUT2D eigenvalue weighted by Gasteiger charge is -2.23. The Balaban J connectivity index is 3.07. The number of amides is 1. The van der Waals surface area contributed by atoms with Crippen LogP contribution in [-0.4, -0.2) is 16.4 Å². The third kappa shape index (κ3) is 3.13. The molecule has 0 unspecified atom stereocenters. The Labute approximate surface area is 96.8 Å². The number of hydrogen-bond donors (Lipinski definition) is 2. The summed E-state index contributed by atoms with van der Waals surface area (Å²) in [5, 5.41) is 13.2. The van der Waals surface area contributed by atoms with Crippen LogP contribution in [0.5, 0.6) is 0 Å². The van der Waals surface area contributed by atoms with Gasteiger partial charge < -0.3 is 11.1 Å². The molecule has 1 rings (SSSR count). The van der Waals surface area contributed by atoms with Crippen LogP contribution in [0.1, 0.15) is 13.8 Å². The second-order valence-electron chi connectivity index (χ2n) is 4.07. The van der Waals surface area contributed by atoms with E-state index in [1.54, 1.807) is 0 Å². The normalized spacial score (nSPS) is 11.0. The molecule has 0 heterocycles. The van der Waals surface area contributed by atoms with Crippen LogP contribution >= 0.6 is 0 Å². The van der Waals surface area contributed by atoms with Gasteiger partial charge in [-0.05, 0) is 19.9 Å². The van der Waals surface area contributed by atoms with Gasteiger partial charge in [-0.25, -0.2) is 4.39 Å². The summed E-state index contributed by atoms with van der Waals surface area (Å²) < 4.78 is 13.1. The van der Waals surface area contributed by atoms with E-state index in [1.165, 1.54) is 13.8 Å². The number of primary amides is 1. The van der Waals surface area contributed by atoms with E-state index in [2.05, 4.69) is 5.32 Å². The van der Waals surface area contributed by atoms with Gasteiger partial charge in [0.2, 0.25) is 5.91 Å². The molecule has 17 heavy (non-hydrogen) atoms. The summed E-state index contributed by atoms with van der Waals surface area (Å²) in [5.74, 6) is -1.41. The van der Waals surface area contributed by atoms with Crippen molar-refractivity contribution in [1.29, 1.82) is 0 Å². The lowest BCUT2D eigenvalue weighted by atomic mass is 10.0. The SMILES string of the molecule is CC(C)(Nc1cc(F)cc([N+](=O)[O-])c1)C(N)=O. The largest absolute Gasteiger partial charge is 0.371 e. The topological polar surface area (TPSA) is 98.3 Å². The van der Waals surface area contributed by atoms with Gasteiger partial charge in [-0.15, -0.1) is 0 Å². The molecule has 1 amide bonds. The van der Waals surface area contributed by atoms with Crippen molar-refractivity contribution >= 4 is 17.3 Å². The monoisotopic (exact) mass is 241 g/mol. The van der Waals surface area contributed by atoms with E-state index in [0.29, 0.717) is 0 Å². The zero-order valence-corrected chi connectivity index (χ0v) is 9.36. The van der Waals surface area contributed by atoms with Gasteiger partial charge in [0.25, 0.3) is 5.69 Å². The average molecular weight is 241 g/mol. The number of non-ortho nitro benzene ring substituents is 1. The summed E-state index contributed by atoms with van der Waals surface area (Å²) in [6.07, 6.45) is 0. The molecule has 3 N–H and O–H groups in total. The van der Waals surface area contributed by atoms with E-state index in [-0.39, 0.29) is 5.69 Å². The number of nitrogens with zero attached hydrogens (tertiary/aromatic N) is 1. The summed E-state index contributed by atoms with van der Waals surface area (Å²) >= 11 is 0. The van der Waals surface area contributed by atoms with Crippen molar-refractivity contribution in [2.24, 2.45) is 5.73 Å². The molecule has 0 aliphatic rings. The highest BCUT2D eigenvalue weighted by Gasteiger charge is 2.25. The maximum atomic E-state index is 13.1. The number of carbonyl (C=O) groups is 1. The number of halogens is 1. The molecule has 0 spiro atoms. The number of anilines is 1. The summed E-state index contributed by atoms with van der Waals surface area (Å²) in [6, 6.07) is 2.98. The first-order valence-corrected chi connectivity index (χ1v) is 4.75. The van der Waals surface area contributed by atoms with Crippen molar-refractivity contribution in [2.45, 2.75) is 19.4 Å². The number of nitro groups is 1. The van der Waals surface area contributed by atoms with Crippen LogP contribution in [0.25, 0.3) is 0 Å². The average Bonchev–Trinajstić information content (AvgIpc) is 2.15. The minimum Gasteiger partial charge on any atom is -0.371 e. The highest BCUT2D eigenvalue weighted by atomic mass is 19.1. The molecule has 0 saturated carbocycles. The van der Waals surface area contributed by atoms with Crippen molar-refractivity contribution in [3.8, 4) is 0 Å². The molecule has 7 heteroatoms. The minimum atomic E-state index is -1.12. The Morgan fingerprint density at radius 1 is 1.47 bits per heavy atom. The number of nitro benzene ring substituents is 1. The minimum absolute atomic E-state index is 0.125. The van der Waals surface area contributed by atoms with Gasteiger partial charge in [-0.2, -0.15) is 0 Å². The smallest absolute Gasteiger partial charge is 0.274 e. The third-order valence-corrected chi connectivity index (χ3v) is 2.17. The van der Waals surface area contributed by atoms with Crippen LogP contribution in [0.15, 0.2) is 18.2 Å². The van der Waals surface area contributed by atoms with Crippen molar-refractivity contribution < 1.29 is 14.1 Å². The molecule has 0 aromatic heterocycles. The molecule has 0 radical (unpaired) electrons. The van der Waals surface area contributed by atoms with Crippen LogP contribution in [0, 0.1) is 15.9 Å². The number of rotatable bonds is 4. The fourth-order valence-electron chi connectivity index (χ4n) is 1.17. The van der Waals surface area contributed by atoms with Crippen LogP contribution in [-0.2, 0) is 4.79 Å².